The number of nitrogens with one attached hydrogen (secondary N) is 1. The Morgan fingerprint density at radius 3 is 2.56 bits per heavy atom. The molecule has 0 saturated carbocycles. The van der Waals surface area contributed by atoms with Crippen LogP contribution in [0.5, 0.6) is 11.5 Å². The molecule has 1 saturated heterocycles. The summed E-state index contributed by atoms with van der Waals surface area (Å²) >= 11 is 6.23. The van der Waals surface area contributed by atoms with Gasteiger partial charge in [-0.05, 0) is 42.3 Å². The van der Waals surface area contributed by atoms with Crippen LogP contribution < -0.4 is 14.8 Å². The largest absolute Gasteiger partial charge is 0.493 e. The summed E-state index contributed by atoms with van der Waals surface area (Å²) in [6.07, 6.45) is 4.29. The fraction of sp³-hybridized carbons (Fsp3) is 0.320. The number of carbonyl (C=O) groups excluding carboxylic acids is 2. The highest BCUT2D eigenvalue weighted by Gasteiger charge is 2.35. The average Bonchev–Trinajstić information content (AvgIpc) is 3.29. The lowest BCUT2D eigenvalue weighted by Gasteiger charge is -2.38. The third kappa shape index (κ3) is 4.87. The number of ether oxygens (including phenoxy) is 2. The van der Waals surface area contributed by atoms with E-state index in [1.807, 2.05) is 13.2 Å². The normalized spacial score (nSPS) is 17.8. The van der Waals surface area contributed by atoms with Gasteiger partial charge in [-0.2, -0.15) is 5.10 Å². The Bertz CT molecular complexity index is 1200. The molecule has 0 aliphatic carbocycles. The SMILES string of the molecule is COc1ccc(C(=O)N2CC[C@H](NC(=O)c3ccccc3Cl)[C@H](c3cnn(C)c3)C2)cc1OC. The second-order valence-corrected chi connectivity index (χ2v) is 8.63. The number of halogens is 1. The molecule has 1 fully saturated rings. The quantitative estimate of drug-likeness (QED) is 0.581. The first-order valence-corrected chi connectivity index (χ1v) is 11.3. The highest BCUT2D eigenvalue weighted by atomic mass is 35.5. The Morgan fingerprint density at radius 1 is 1.12 bits per heavy atom. The van der Waals surface area contributed by atoms with Crippen LogP contribution in [0, 0.1) is 0 Å². The summed E-state index contributed by atoms with van der Waals surface area (Å²) in [6.45, 7) is 0.934. The van der Waals surface area contributed by atoms with Crippen molar-refractivity contribution in [3.8, 4) is 11.5 Å². The number of methoxy groups -OCH3 is 2. The summed E-state index contributed by atoms with van der Waals surface area (Å²) in [5, 5.41) is 7.83. The third-order valence-electron chi connectivity index (χ3n) is 6.12. The summed E-state index contributed by atoms with van der Waals surface area (Å²) in [6, 6.07) is 11.9. The minimum absolute atomic E-state index is 0.106. The maximum atomic E-state index is 13.3. The molecule has 2 heterocycles. The summed E-state index contributed by atoms with van der Waals surface area (Å²) in [5.74, 6) is 0.597. The fourth-order valence-corrected chi connectivity index (χ4v) is 4.54. The zero-order valence-corrected chi connectivity index (χ0v) is 20.1. The summed E-state index contributed by atoms with van der Waals surface area (Å²) in [7, 11) is 4.94. The van der Waals surface area contributed by atoms with Gasteiger partial charge in [-0.3, -0.25) is 14.3 Å². The van der Waals surface area contributed by atoms with Gasteiger partial charge in [0.05, 0.1) is 31.0 Å². The number of aryl methyl sites for hydroxylation is 1. The Hall–Kier alpha value is -3.52. The highest BCUT2D eigenvalue weighted by Crippen LogP contribution is 2.31. The van der Waals surface area contributed by atoms with E-state index in [-0.39, 0.29) is 23.8 Å². The van der Waals surface area contributed by atoms with Crippen molar-refractivity contribution in [2.75, 3.05) is 27.3 Å². The number of rotatable bonds is 6. The van der Waals surface area contributed by atoms with Crippen molar-refractivity contribution in [2.45, 2.75) is 18.4 Å². The molecular formula is C25H27ClN4O4. The van der Waals surface area contributed by atoms with Crippen LogP contribution in [-0.4, -0.2) is 59.8 Å². The smallest absolute Gasteiger partial charge is 0.254 e. The van der Waals surface area contributed by atoms with Crippen LogP contribution in [0.3, 0.4) is 0 Å². The number of piperidine rings is 1. The average molecular weight is 483 g/mol. The van der Waals surface area contributed by atoms with Gasteiger partial charge in [0.1, 0.15) is 0 Å². The summed E-state index contributed by atoms with van der Waals surface area (Å²) in [4.78, 5) is 28.1. The van der Waals surface area contributed by atoms with Crippen LogP contribution in [0.25, 0.3) is 0 Å². The van der Waals surface area contributed by atoms with Gasteiger partial charge in [-0.25, -0.2) is 0 Å². The highest BCUT2D eigenvalue weighted by molar-refractivity contribution is 6.33. The molecule has 2 aromatic carbocycles. The molecule has 34 heavy (non-hydrogen) atoms. The predicted octanol–water partition coefficient (Wildman–Crippen LogP) is 3.52. The van der Waals surface area contributed by atoms with E-state index in [2.05, 4.69) is 10.4 Å². The molecule has 9 heteroatoms. The Labute approximate surface area is 203 Å². The summed E-state index contributed by atoms with van der Waals surface area (Å²) in [5.41, 5.74) is 1.90. The van der Waals surface area contributed by atoms with Crippen LogP contribution in [0.1, 0.15) is 38.6 Å². The molecule has 2 atom stereocenters. The molecule has 0 radical (unpaired) electrons. The van der Waals surface area contributed by atoms with Crippen molar-refractivity contribution >= 4 is 23.4 Å². The molecule has 8 nitrogen and oxygen atoms in total. The van der Waals surface area contributed by atoms with Crippen LogP contribution >= 0.6 is 11.6 Å². The van der Waals surface area contributed by atoms with E-state index in [4.69, 9.17) is 21.1 Å². The first-order chi connectivity index (χ1) is 16.4. The van der Waals surface area contributed by atoms with E-state index >= 15 is 0 Å². The predicted molar refractivity (Wildman–Crippen MR) is 129 cm³/mol. The Kier molecular flexibility index (Phi) is 7.07. The number of nitrogens with zero attached hydrogens (tertiary/aromatic N) is 3. The van der Waals surface area contributed by atoms with E-state index in [0.717, 1.165) is 5.56 Å². The van der Waals surface area contributed by atoms with Crippen molar-refractivity contribution < 1.29 is 19.1 Å². The van der Waals surface area contributed by atoms with Crippen molar-refractivity contribution in [1.29, 1.82) is 0 Å². The molecule has 4 rings (SSSR count). The molecule has 1 N–H and O–H groups in total. The molecule has 1 aliphatic heterocycles. The lowest BCUT2D eigenvalue weighted by molar-refractivity contribution is 0.0671. The van der Waals surface area contributed by atoms with Gasteiger partial charge < -0.3 is 19.7 Å². The van der Waals surface area contributed by atoms with Gasteiger partial charge in [0, 0.05) is 43.9 Å². The van der Waals surface area contributed by atoms with Gasteiger partial charge in [-0.1, -0.05) is 23.7 Å². The lowest BCUT2D eigenvalue weighted by Crippen LogP contribution is -2.51. The number of hydrogen-bond acceptors (Lipinski definition) is 5. The number of amides is 2. The van der Waals surface area contributed by atoms with Gasteiger partial charge >= 0.3 is 0 Å². The minimum atomic E-state index is -0.232. The molecule has 0 spiro atoms. The number of aromatic nitrogens is 2. The minimum Gasteiger partial charge on any atom is -0.493 e. The Morgan fingerprint density at radius 2 is 1.88 bits per heavy atom. The molecule has 0 bridgehead atoms. The number of hydrogen-bond donors (Lipinski definition) is 1. The van der Waals surface area contributed by atoms with Crippen molar-refractivity contribution in [3.05, 3.63) is 76.6 Å². The monoisotopic (exact) mass is 482 g/mol. The van der Waals surface area contributed by atoms with E-state index in [1.54, 1.807) is 65.4 Å². The maximum Gasteiger partial charge on any atom is 0.254 e. The zero-order valence-electron chi connectivity index (χ0n) is 19.3. The van der Waals surface area contributed by atoms with Crippen molar-refractivity contribution in [1.82, 2.24) is 20.0 Å². The summed E-state index contributed by atoms with van der Waals surface area (Å²) < 4.78 is 12.4. The molecule has 178 valence electrons. The Balaban J connectivity index is 1.56. The van der Waals surface area contributed by atoms with Gasteiger partial charge in [-0.15, -0.1) is 0 Å². The molecule has 3 aromatic rings. The van der Waals surface area contributed by atoms with Gasteiger partial charge in [0.15, 0.2) is 11.5 Å². The van der Waals surface area contributed by atoms with Crippen molar-refractivity contribution in [3.63, 3.8) is 0 Å². The molecule has 1 aliphatic rings. The van der Waals surface area contributed by atoms with E-state index in [9.17, 15) is 9.59 Å². The van der Waals surface area contributed by atoms with Gasteiger partial charge in [0.25, 0.3) is 11.8 Å². The zero-order chi connectivity index (χ0) is 24.2. The van der Waals surface area contributed by atoms with Gasteiger partial charge in [0.2, 0.25) is 0 Å². The van der Waals surface area contributed by atoms with Crippen LogP contribution in [0.4, 0.5) is 0 Å². The maximum absolute atomic E-state index is 13.3. The van der Waals surface area contributed by atoms with E-state index < -0.39 is 0 Å². The second-order valence-electron chi connectivity index (χ2n) is 8.22. The third-order valence-corrected chi connectivity index (χ3v) is 6.45. The first-order valence-electron chi connectivity index (χ1n) is 11.0. The topological polar surface area (TPSA) is 85.7 Å². The standard InChI is InChI=1S/C25H27ClN4O4/c1-29-14-17(13-27-29)19-15-30(25(32)16-8-9-22(33-2)23(12-16)34-3)11-10-21(19)28-24(31)18-6-4-5-7-20(18)26/h4-9,12-14,19,21H,10-11,15H2,1-3H3,(H,28,31)/t19-,21-/m0/s1. The molecular weight excluding hydrogens is 456 g/mol. The van der Waals surface area contributed by atoms with Crippen LogP contribution in [0.15, 0.2) is 54.9 Å². The second kappa shape index (κ2) is 10.2. The number of likely N-dealkylation sites (tertiary alicyclic amines) is 1. The van der Waals surface area contributed by atoms with E-state index in [0.29, 0.717) is 47.2 Å². The van der Waals surface area contributed by atoms with E-state index in [1.165, 1.54) is 7.11 Å². The fourth-order valence-electron chi connectivity index (χ4n) is 4.32. The van der Waals surface area contributed by atoms with Crippen LogP contribution in [-0.2, 0) is 7.05 Å². The molecule has 1 aromatic heterocycles. The first kappa shape index (κ1) is 23.6. The lowest BCUT2D eigenvalue weighted by atomic mass is 9.87. The van der Waals surface area contributed by atoms with Crippen LogP contribution in [0.2, 0.25) is 5.02 Å². The number of carbonyl (C=O) groups is 2. The van der Waals surface area contributed by atoms with Crippen molar-refractivity contribution in [2.24, 2.45) is 7.05 Å². The number of benzene rings is 2. The molecule has 2 amide bonds. The molecule has 0 unspecified atom stereocenters.